The molecule has 2 N–H and O–H groups in total. The molecule has 2 heterocycles. The van der Waals surface area contributed by atoms with Crippen molar-refractivity contribution in [2.75, 3.05) is 5.32 Å². The van der Waals surface area contributed by atoms with E-state index in [0.29, 0.717) is 21.9 Å². The average molecular weight is 350 g/mol. The van der Waals surface area contributed by atoms with Gasteiger partial charge >= 0.3 is 6.09 Å². The van der Waals surface area contributed by atoms with E-state index < -0.39 is 6.09 Å². The van der Waals surface area contributed by atoms with E-state index in [1.54, 1.807) is 5.38 Å². The Bertz CT molecular complexity index is 869. The minimum absolute atomic E-state index is 0.326. The van der Waals surface area contributed by atoms with Crippen LogP contribution in [0, 0.1) is 5.92 Å². The monoisotopic (exact) mass is 349 g/mol. The third-order valence-corrected chi connectivity index (χ3v) is 4.49. The molecule has 0 aliphatic rings. The summed E-state index contributed by atoms with van der Waals surface area (Å²) in [7, 11) is 0. The van der Waals surface area contributed by atoms with Crippen LogP contribution in [-0.4, -0.2) is 20.8 Å². The quantitative estimate of drug-likeness (QED) is 0.694. The number of fused-ring (bicyclic) bond motifs is 1. The summed E-state index contributed by atoms with van der Waals surface area (Å²) in [5.41, 5.74) is 2.21. The van der Waals surface area contributed by atoms with Gasteiger partial charge in [0.05, 0.1) is 5.52 Å². The molecule has 1 aromatic carbocycles. The molecule has 2 aromatic heterocycles. The van der Waals surface area contributed by atoms with Crippen molar-refractivity contribution in [3.63, 3.8) is 0 Å². The Labute approximate surface area is 142 Å². The van der Waals surface area contributed by atoms with Crippen LogP contribution in [0.5, 0.6) is 0 Å². The van der Waals surface area contributed by atoms with Gasteiger partial charge in [0.2, 0.25) is 0 Å². The molecular weight excluding hydrogens is 334 g/mol. The minimum atomic E-state index is -1.12. The number of halogens is 1. The molecule has 0 spiro atoms. The summed E-state index contributed by atoms with van der Waals surface area (Å²) in [4.78, 5) is 15.1. The Morgan fingerprint density at radius 1 is 1.48 bits per heavy atom. The Morgan fingerprint density at radius 3 is 2.96 bits per heavy atom. The Morgan fingerprint density at radius 2 is 2.26 bits per heavy atom. The number of nitrogens with one attached hydrogen (secondary N) is 1. The summed E-state index contributed by atoms with van der Waals surface area (Å²) >= 11 is 7.53. The van der Waals surface area contributed by atoms with Gasteiger partial charge in [-0.05, 0) is 30.0 Å². The SMILES string of the molecule is CC(C)Cc1cn(-c2nc(NC(=O)O)cs2)c2cc(Cl)ccc12. The van der Waals surface area contributed by atoms with Crippen molar-refractivity contribution in [1.82, 2.24) is 9.55 Å². The summed E-state index contributed by atoms with van der Waals surface area (Å²) in [5, 5.41) is 15.2. The van der Waals surface area contributed by atoms with Crippen molar-refractivity contribution < 1.29 is 9.90 Å². The van der Waals surface area contributed by atoms with Gasteiger partial charge in [0.15, 0.2) is 5.13 Å². The number of thiazole rings is 1. The van der Waals surface area contributed by atoms with Crippen LogP contribution in [0.15, 0.2) is 29.8 Å². The van der Waals surface area contributed by atoms with Crippen molar-refractivity contribution in [2.24, 2.45) is 5.92 Å². The van der Waals surface area contributed by atoms with Crippen LogP contribution >= 0.6 is 22.9 Å². The number of amides is 1. The Hall–Kier alpha value is -2.05. The second-order valence-electron chi connectivity index (χ2n) is 5.73. The van der Waals surface area contributed by atoms with E-state index in [2.05, 4.69) is 30.3 Å². The lowest BCUT2D eigenvalue weighted by Crippen LogP contribution is -2.07. The molecule has 0 bridgehead atoms. The lowest BCUT2D eigenvalue weighted by atomic mass is 10.0. The van der Waals surface area contributed by atoms with Crippen LogP contribution in [0.1, 0.15) is 19.4 Å². The van der Waals surface area contributed by atoms with Gasteiger partial charge in [-0.15, -0.1) is 11.3 Å². The number of rotatable bonds is 4. The van der Waals surface area contributed by atoms with Crippen LogP contribution in [0.4, 0.5) is 10.6 Å². The van der Waals surface area contributed by atoms with Crippen molar-refractivity contribution in [1.29, 1.82) is 0 Å². The zero-order valence-corrected chi connectivity index (χ0v) is 14.3. The smallest absolute Gasteiger partial charge is 0.410 e. The highest BCUT2D eigenvalue weighted by atomic mass is 35.5. The zero-order valence-electron chi connectivity index (χ0n) is 12.7. The van der Waals surface area contributed by atoms with E-state index >= 15 is 0 Å². The zero-order chi connectivity index (χ0) is 16.6. The molecular formula is C16H16ClN3O2S. The maximum atomic E-state index is 10.7. The van der Waals surface area contributed by atoms with Crippen LogP contribution in [0.2, 0.25) is 5.02 Å². The fourth-order valence-electron chi connectivity index (χ4n) is 2.57. The molecule has 0 aliphatic heterocycles. The van der Waals surface area contributed by atoms with E-state index in [1.165, 1.54) is 16.9 Å². The highest BCUT2D eigenvalue weighted by Crippen LogP contribution is 2.30. The molecule has 1 amide bonds. The topological polar surface area (TPSA) is 67.2 Å². The third kappa shape index (κ3) is 3.33. The summed E-state index contributed by atoms with van der Waals surface area (Å²) in [6.45, 7) is 4.36. The van der Waals surface area contributed by atoms with Gasteiger partial charge < -0.3 is 5.11 Å². The number of anilines is 1. The van der Waals surface area contributed by atoms with Crippen molar-refractivity contribution in [2.45, 2.75) is 20.3 Å². The van der Waals surface area contributed by atoms with E-state index in [9.17, 15) is 4.79 Å². The maximum absolute atomic E-state index is 10.7. The molecule has 23 heavy (non-hydrogen) atoms. The molecule has 5 nitrogen and oxygen atoms in total. The summed E-state index contributed by atoms with van der Waals surface area (Å²) in [5.74, 6) is 0.858. The Kier molecular flexibility index (Phi) is 4.28. The molecule has 0 saturated heterocycles. The number of hydrogen-bond donors (Lipinski definition) is 2. The van der Waals surface area contributed by atoms with Gasteiger partial charge in [0.25, 0.3) is 0 Å². The van der Waals surface area contributed by atoms with Gasteiger partial charge in [-0.25, -0.2) is 9.78 Å². The number of carboxylic acid groups (broad SMARTS) is 1. The number of aromatic nitrogens is 2. The maximum Gasteiger partial charge on any atom is 0.410 e. The fraction of sp³-hybridized carbons (Fsp3) is 0.250. The van der Waals surface area contributed by atoms with Gasteiger partial charge in [-0.1, -0.05) is 31.5 Å². The first-order valence-electron chi connectivity index (χ1n) is 7.19. The van der Waals surface area contributed by atoms with Gasteiger partial charge in [0.1, 0.15) is 5.82 Å². The normalized spacial score (nSPS) is 11.3. The number of hydrogen-bond acceptors (Lipinski definition) is 3. The highest BCUT2D eigenvalue weighted by Gasteiger charge is 2.14. The first-order chi connectivity index (χ1) is 10.9. The largest absolute Gasteiger partial charge is 0.465 e. The number of nitrogens with zero attached hydrogens (tertiary/aromatic N) is 2. The van der Waals surface area contributed by atoms with Gasteiger partial charge in [0, 0.05) is 22.0 Å². The second-order valence-corrected chi connectivity index (χ2v) is 7.00. The molecule has 120 valence electrons. The first-order valence-corrected chi connectivity index (χ1v) is 8.45. The van der Waals surface area contributed by atoms with Crippen LogP contribution in [0.25, 0.3) is 16.0 Å². The molecule has 3 rings (SSSR count). The van der Waals surface area contributed by atoms with E-state index in [-0.39, 0.29) is 0 Å². The van der Waals surface area contributed by atoms with Crippen LogP contribution < -0.4 is 5.32 Å². The van der Waals surface area contributed by atoms with Gasteiger partial charge in [-0.3, -0.25) is 9.88 Å². The fourth-order valence-corrected chi connectivity index (χ4v) is 3.48. The standard InChI is InChI=1S/C16H16ClN3O2S/c1-9(2)5-10-7-20(13-6-11(17)3-4-12(10)13)15-18-14(8-23-15)19-16(21)22/h3-4,6-9,19H,5H2,1-2H3,(H,21,22). The molecule has 0 aliphatic carbocycles. The van der Waals surface area contributed by atoms with Crippen molar-refractivity contribution in [3.8, 4) is 5.13 Å². The van der Waals surface area contributed by atoms with E-state index in [0.717, 1.165) is 17.3 Å². The molecule has 0 saturated carbocycles. The predicted octanol–water partition coefficient (Wildman–Crippen LogP) is 5.03. The van der Waals surface area contributed by atoms with Gasteiger partial charge in [-0.2, -0.15) is 0 Å². The molecule has 0 radical (unpaired) electrons. The third-order valence-electron chi connectivity index (χ3n) is 3.41. The van der Waals surface area contributed by atoms with Crippen molar-refractivity contribution >= 4 is 45.8 Å². The summed E-state index contributed by atoms with van der Waals surface area (Å²) < 4.78 is 1.97. The molecule has 7 heteroatoms. The minimum Gasteiger partial charge on any atom is -0.465 e. The van der Waals surface area contributed by atoms with E-state index in [1.807, 2.05) is 22.8 Å². The highest BCUT2D eigenvalue weighted by molar-refractivity contribution is 7.12. The molecule has 0 atom stereocenters. The predicted molar refractivity (Wildman–Crippen MR) is 94.1 cm³/mol. The number of benzene rings is 1. The number of carbonyl (C=O) groups is 1. The first kappa shape index (κ1) is 15.8. The van der Waals surface area contributed by atoms with Crippen LogP contribution in [0.3, 0.4) is 0 Å². The van der Waals surface area contributed by atoms with Crippen LogP contribution in [-0.2, 0) is 6.42 Å². The van der Waals surface area contributed by atoms with Crippen molar-refractivity contribution in [3.05, 3.63) is 40.4 Å². The Balaban J connectivity index is 2.10. The summed E-state index contributed by atoms with van der Waals surface area (Å²) in [6.07, 6.45) is 1.89. The average Bonchev–Trinajstić information content (AvgIpc) is 3.02. The van der Waals surface area contributed by atoms with E-state index in [4.69, 9.17) is 16.7 Å². The lowest BCUT2D eigenvalue weighted by Gasteiger charge is -2.02. The second kappa shape index (κ2) is 6.22. The lowest BCUT2D eigenvalue weighted by molar-refractivity contribution is 0.209. The summed E-state index contributed by atoms with van der Waals surface area (Å²) in [6, 6.07) is 5.82. The molecule has 3 aromatic rings. The molecule has 0 unspecified atom stereocenters. The molecule has 0 fully saturated rings.